The van der Waals surface area contributed by atoms with Crippen molar-refractivity contribution in [3.8, 4) is 0 Å². The maximum Gasteiger partial charge on any atom is 0.152 e. The number of anilines is 1. The summed E-state index contributed by atoms with van der Waals surface area (Å²) in [6.45, 7) is 0. The molecule has 0 amide bonds. The second-order valence-electron chi connectivity index (χ2n) is 3.03. The van der Waals surface area contributed by atoms with E-state index in [1.54, 1.807) is 6.20 Å². The summed E-state index contributed by atoms with van der Waals surface area (Å²) in [5.74, 6) is 0.516. The Morgan fingerprint density at radius 2 is 2.46 bits per heavy atom. The summed E-state index contributed by atoms with van der Waals surface area (Å²) < 4.78 is 25.9. The fourth-order valence-electron chi connectivity index (χ4n) is 1.34. The van der Waals surface area contributed by atoms with Crippen LogP contribution in [-0.2, 0) is 9.84 Å². The Morgan fingerprint density at radius 3 is 3.00 bits per heavy atom. The first-order valence-electron chi connectivity index (χ1n) is 3.90. The van der Waals surface area contributed by atoms with Gasteiger partial charge in [-0.2, -0.15) is 0 Å². The first kappa shape index (κ1) is 8.89. The number of hydrogen-bond acceptors (Lipinski definition) is 6. The smallest absolute Gasteiger partial charge is 0.152 e. The van der Waals surface area contributed by atoms with E-state index in [9.17, 15) is 8.42 Å². The summed E-state index contributed by atoms with van der Waals surface area (Å²) in [5, 5.41) is 7.58. The van der Waals surface area contributed by atoms with Gasteiger partial charge in [0, 0.05) is 17.6 Å². The lowest BCUT2D eigenvalue weighted by Crippen LogP contribution is -2.19. The van der Waals surface area contributed by atoms with Gasteiger partial charge in [0.25, 0.3) is 0 Å². The summed E-state index contributed by atoms with van der Waals surface area (Å²) in [4.78, 5) is 0. The first-order valence-corrected chi connectivity index (χ1v) is 6.49. The Kier molecular flexibility index (Phi) is 2.20. The van der Waals surface area contributed by atoms with Gasteiger partial charge in [0.2, 0.25) is 0 Å². The highest BCUT2D eigenvalue weighted by atomic mass is 32.2. The number of sulfone groups is 1. The minimum atomic E-state index is -2.80. The molecule has 0 bridgehead atoms. The van der Waals surface area contributed by atoms with E-state index in [2.05, 4.69) is 14.9 Å². The molecule has 0 saturated carbocycles. The zero-order valence-corrected chi connectivity index (χ0v) is 8.44. The minimum absolute atomic E-state index is 0.0345. The zero-order valence-electron chi connectivity index (χ0n) is 6.80. The molecule has 1 aliphatic rings. The van der Waals surface area contributed by atoms with Crippen molar-refractivity contribution in [1.29, 1.82) is 0 Å². The van der Waals surface area contributed by atoms with Crippen LogP contribution in [-0.4, -0.2) is 35.6 Å². The molecule has 5 nitrogen and oxygen atoms in total. The van der Waals surface area contributed by atoms with E-state index in [0.717, 1.165) is 5.00 Å². The lowest BCUT2D eigenvalue weighted by atomic mass is 10.3. The van der Waals surface area contributed by atoms with Crippen molar-refractivity contribution in [2.24, 2.45) is 0 Å². The molecular formula is C6H9N3O2S2. The fourth-order valence-corrected chi connectivity index (χ4v) is 3.51. The third-order valence-electron chi connectivity index (χ3n) is 1.94. The molecule has 0 spiro atoms. The average molecular weight is 219 g/mol. The Morgan fingerprint density at radius 1 is 1.62 bits per heavy atom. The third-order valence-corrected chi connectivity index (χ3v) is 4.30. The molecule has 0 aliphatic carbocycles. The molecule has 7 heteroatoms. The first-order chi connectivity index (χ1) is 6.16. The molecule has 1 saturated heterocycles. The van der Waals surface area contributed by atoms with Gasteiger partial charge in [-0.3, -0.25) is 0 Å². The summed E-state index contributed by atoms with van der Waals surface area (Å²) >= 11 is 1.24. The van der Waals surface area contributed by atoms with Crippen LogP contribution in [0, 0.1) is 0 Å². The van der Waals surface area contributed by atoms with Crippen LogP contribution in [0.3, 0.4) is 0 Å². The summed E-state index contributed by atoms with van der Waals surface area (Å²) in [6.07, 6.45) is 2.29. The van der Waals surface area contributed by atoms with Crippen LogP contribution in [0.1, 0.15) is 6.42 Å². The standard InChI is InChI=1S/C6H9N3O2S2/c10-13(11)2-1-5(4-13)8-6-3-7-9-12-6/h3,5,8H,1-2,4H2. The molecule has 13 heavy (non-hydrogen) atoms. The minimum Gasteiger partial charge on any atom is -0.371 e. The largest absolute Gasteiger partial charge is 0.371 e. The summed E-state index contributed by atoms with van der Waals surface area (Å²) in [5.41, 5.74) is 0. The molecule has 1 unspecified atom stereocenters. The van der Waals surface area contributed by atoms with E-state index in [-0.39, 0.29) is 17.5 Å². The maximum atomic E-state index is 11.1. The van der Waals surface area contributed by atoms with Gasteiger partial charge in [-0.25, -0.2) is 8.42 Å². The van der Waals surface area contributed by atoms with Gasteiger partial charge in [0.1, 0.15) is 5.00 Å². The number of nitrogens with zero attached hydrogens (tertiary/aromatic N) is 2. The van der Waals surface area contributed by atoms with Crippen molar-refractivity contribution in [3.05, 3.63) is 6.20 Å². The summed E-state index contributed by atoms with van der Waals surface area (Å²) in [6, 6.07) is 0.0345. The van der Waals surface area contributed by atoms with Crippen LogP contribution in [0.25, 0.3) is 0 Å². The number of rotatable bonds is 2. The van der Waals surface area contributed by atoms with Gasteiger partial charge >= 0.3 is 0 Å². The van der Waals surface area contributed by atoms with Crippen LogP contribution >= 0.6 is 11.5 Å². The molecule has 0 radical (unpaired) electrons. The molecule has 72 valence electrons. The van der Waals surface area contributed by atoms with E-state index in [1.807, 2.05) is 0 Å². The van der Waals surface area contributed by atoms with Crippen LogP contribution in [0.5, 0.6) is 0 Å². The Balaban J connectivity index is 1.99. The van der Waals surface area contributed by atoms with Crippen LogP contribution in [0.4, 0.5) is 5.00 Å². The molecule has 1 aliphatic heterocycles. The summed E-state index contributed by atoms with van der Waals surface area (Å²) in [7, 11) is -2.80. The highest BCUT2D eigenvalue weighted by Crippen LogP contribution is 2.18. The van der Waals surface area contributed by atoms with Crippen molar-refractivity contribution in [2.75, 3.05) is 16.8 Å². The van der Waals surface area contributed by atoms with Crippen molar-refractivity contribution >= 4 is 26.4 Å². The number of nitrogens with one attached hydrogen (secondary N) is 1. The highest BCUT2D eigenvalue weighted by Gasteiger charge is 2.27. The van der Waals surface area contributed by atoms with E-state index in [1.165, 1.54) is 11.5 Å². The SMILES string of the molecule is O=S1(=O)CCC(Nc2cnns2)C1. The predicted octanol–water partition coefficient (Wildman–Crippen LogP) is 0.137. The van der Waals surface area contributed by atoms with Crippen LogP contribution < -0.4 is 5.32 Å². The molecule has 1 aromatic heterocycles. The lowest BCUT2D eigenvalue weighted by molar-refractivity contribution is 0.602. The lowest BCUT2D eigenvalue weighted by Gasteiger charge is -2.07. The van der Waals surface area contributed by atoms with Gasteiger partial charge in [0.05, 0.1) is 17.7 Å². The van der Waals surface area contributed by atoms with Crippen molar-refractivity contribution in [2.45, 2.75) is 12.5 Å². The maximum absolute atomic E-state index is 11.1. The molecule has 1 atom stereocenters. The average Bonchev–Trinajstić information content (AvgIpc) is 2.61. The van der Waals surface area contributed by atoms with E-state index in [4.69, 9.17) is 0 Å². The van der Waals surface area contributed by atoms with E-state index < -0.39 is 9.84 Å². The quantitative estimate of drug-likeness (QED) is 0.766. The molecule has 1 aromatic rings. The second-order valence-corrected chi connectivity index (χ2v) is 6.04. The molecule has 2 heterocycles. The van der Waals surface area contributed by atoms with E-state index >= 15 is 0 Å². The third kappa shape index (κ3) is 2.16. The van der Waals surface area contributed by atoms with Crippen molar-refractivity contribution < 1.29 is 8.42 Å². The van der Waals surface area contributed by atoms with Gasteiger partial charge in [-0.05, 0) is 6.42 Å². The highest BCUT2D eigenvalue weighted by molar-refractivity contribution is 7.91. The molecule has 0 aromatic carbocycles. The number of hydrogen-bond donors (Lipinski definition) is 1. The molecule has 2 rings (SSSR count). The normalized spacial score (nSPS) is 26.0. The van der Waals surface area contributed by atoms with Crippen molar-refractivity contribution in [1.82, 2.24) is 9.59 Å². The van der Waals surface area contributed by atoms with Crippen molar-refractivity contribution in [3.63, 3.8) is 0 Å². The molecule has 1 N–H and O–H groups in total. The zero-order chi connectivity index (χ0) is 9.31. The Bertz CT molecular complexity index is 373. The van der Waals surface area contributed by atoms with Gasteiger partial charge in [0.15, 0.2) is 9.84 Å². The van der Waals surface area contributed by atoms with Crippen LogP contribution in [0.15, 0.2) is 6.20 Å². The fraction of sp³-hybridized carbons (Fsp3) is 0.667. The van der Waals surface area contributed by atoms with Crippen LogP contribution in [0.2, 0.25) is 0 Å². The Labute approximate surface area is 80.2 Å². The second kappa shape index (κ2) is 3.22. The number of aromatic nitrogens is 2. The van der Waals surface area contributed by atoms with Gasteiger partial charge < -0.3 is 5.32 Å². The monoisotopic (exact) mass is 219 g/mol. The van der Waals surface area contributed by atoms with E-state index in [0.29, 0.717) is 6.42 Å². The van der Waals surface area contributed by atoms with Gasteiger partial charge in [-0.15, -0.1) is 5.10 Å². The molecule has 1 fully saturated rings. The Hall–Kier alpha value is -0.690. The van der Waals surface area contributed by atoms with Gasteiger partial charge in [-0.1, -0.05) is 4.49 Å². The predicted molar refractivity (Wildman–Crippen MR) is 50.6 cm³/mol. The molecular weight excluding hydrogens is 210 g/mol. The topological polar surface area (TPSA) is 72.0 Å².